The summed E-state index contributed by atoms with van der Waals surface area (Å²) in [6.07, 6.45) is 7.29. The van der Waals surface area contributed by atoms with Crippen molar-refractivity contribution in [2.45, 2.75) is 46.3 Å². The molecule has 1 atom stereocenters. The van der Waals surface area contributed by atoms with Crippen LogP contribution in [0, 0.1) is 6.92 Å². The number of aryl methyl sites for hydroxylation is 1. The zero-order valence-corrected chi connectivity index (χ0v) is 18.9. The summed E-state index contributed by atoms with van der Waals surface area (Å²) in [5.41, 5.74) is 3.88. The van der Waals surface area contributed by atoms with Crippen LogP contribution in [0.25, 0.3) is 17.0 Å². The average Bonchev–Trinajstić information content (AvgIpc) is 3.10. The van der Waals surface area contributed by atoms with Crippen molar-refractivity contribution in [3.8, 4) is 0 Å². The molecule has 1 N–H and O–H groups in total. The number of allylic oxidation sites excluding steroid dienone is 1. The molecule has 0 radical (unpaired) electrons. The summed E-state index contributed by atoms with van der Waals surface area (Å²) in [5, 5.41) is 11.8. The van der Waals surface area contributed by atoms with E-state index in [1.807, 2.05) is 55.6 Å². The van der Waals surface area contributed by atoms with Crippen molar-refractivity contribution in [3.63, 3.8) is 0 Å². The van der Waals surface area contributed by atoms with Crippen molar-refractivity contribution in [2.75, 3.05) is 19.6 Å². The van der Waals surface area contributed by atoms with Crippen LogP contribution in [0.2, 0.25) is 0 Å². The van der Waals surface area contributed by atoms with E-state index in [1.54, 1.807) is 6.08 Å². The third kappa shape index (κ3) is 6.16. The van der Waals surface area contributed by atoms with E-state index in [9.17, 15) is 9.90 Å². The number of carbonyl (C=O) groups excluding carboxylic acids is 1. The first-order valence-corrected chi connectivity index (χ1v) is 11.3. The largest absolute Gasteiger partial charge is 0.390 e. The van der Waals surface area contributed by atoms with Gasteiger partial charge in [-0.25, -0.2) is 0 Å². The second-order valence-corrected chi connectivity index (χ2v) is 8.27. The lowest BCUT2D eigenvalue weighted by atomic mass is 10.1. The first kappa shape index (κ1) is 23.0. The molecule has 0 spiro atoms. The molecule has 4 heteroatoms. The van der Waals surface area contributed by atoms with Crippen LogP contribution in [0.5, 0.6) is 0 Å². The zero-order chi connectivity index (χ0) is 22.2. The fourth-order valence-corrected chi connectivity index (χ4v) is 4.05. The van der Waals surface area contributed by atoms with E-state index < -0.39 is 6.10 Å². The Balaban J connectivity index is 1.78. The highest BCUT2D eigenvalue weighted by atomic mass is 16.3. The van der Waals surface area contributed by atoms with Gasteiger partial charge >= 0.3 is 0 Å². The number of fused-ring (bicyclic) bond motifs is 1. The summed E-state index contributed by atoms with van der Waals surface area (Å²) < 4.78 is 2.10. The maximum atomic E-state index is 12.6. The van der Waals surface area contributed by atoms with E-state index in [-0.39, 0.29) is 5.78 Å². The molecule has 0 amide bonds. The number of aliphatic hydroxyl groups is 1. The van der Waals surface area contributed by atoms with Crippen molar-refractivity contribution < 1.29 is 9.90 Å². The van der Waals surface area contributed by atoms with E-state index in [0.29, 0.717) is 18.7 Å². The number of rotatable bonds is 11. The zero-order valence-electron chi connectivity index (χ0n) is 18.9. The van der Waals surface area contributed by atoms with Crippen molar-refractivity contribution >= 4 is 22.8 Å². The number of nitrogens with zero attached hydrogens (tertiary/aromatic N) is 2. The maximum absolute atomic E-state index is 12.6. The summed E-state index contributed by atoms with van der Waals surface area (Å²) in [6, 6.07) is 15.8. The Morgan fingerprint density at radius 1 is 1.06 bits per heavy atom. The molecule has 3 rings (SSSR count). The molecule has 1 heterocycles. The van der Waals surface area contributed by atoms with Crippen LogP contribution in [-0.2, 0) is 6.54 Å². The van der Waals surface area contributed by atoms with Gasteiger partial charge in [-0.15, -0.1) is 0 Å². The molecule has 31 heavy (non-hydrogen) atoms. The van der Waals surface area contributed by atoms with Crippen molar-refractivity contribution in [3.05, 3.63) is 77.5 Å². The Kier molecular flexibility index (Phi) is 8.21. The van der Waals surface area contributed by atoms with Crippen LogP contribution in [0.4, 0.5) is 0 Å². The molecule has 0 aliphatic carbocycles. The predicted molar refractivity (Wildman–Crippen MR) is 130 cm³/mol. The van der Waals surface area contributed by atoms with E-state index in [4.69, 9.17) is 0 Å². The van der Waals surface area contributed by atoms with Gasteiger partial charge in [0, 0.05) is 41.3 Å². The number of carbonyl (C=O) groups is 1. The predicted octanol–water partition coefficient (Wildman–Crippen LogP) is 5.33. The third-order valence-corrected chi connectivity index (χ3v) is 5.53. The monoisotopic (exact) mass is 418 g/mol. The van der Waals surface area contributed by atoms with E-state index in [0.717, 1.165) is 48.0 Å². The van der Waals surface area contributed by atoms with Gasteiger partial charge in [-0.1, -0.05) is 61.9 Å². The van der Waals surface area contributed by atoms with Crippen LogP contribution in [0.3, 0.4) is 0 Å². The SMILES string of the molecule is CCCN(CCC)C[C@H](O)Cn1cc(/C=C/C(=O)c2ccc(C)cc2)c2ccccc21. The molecule has 0 aliphatic rings. The Morgan fingerprint density at radius 2 is 1.74 bits per heavy atom. The number of hydrogen-bond donors (Lipinski definition) is 1. The van der Waals surface area contributed by atoms with Gasteiger partial charge in [-0.05, 0) is 51.1 Å². The highest BCUT2D eigenvalue weighted by Crippen LogP contribution is 2.23. The minimum absolute atomic E-state index is 0.00774. The fraction of sp³-hybridized carbons (Fsp3) is 0.370. The maximum Gasteiger partial charge on any atom is 0.185 e. The lowest BCUT2D eigenvalue weighted by Crippen LogP contribution is -2.35. The molecule has 4 nitrogen and oxygen atoms in total. The van der Waals surface area contributed by atoms with Gasteiger partial charge in [-0.2, -0.15) is 0 Å². The second-order valence-electron chi connectivity index (χ2n) is 8.27. The Bertz CT molecular complexity index is 1010. The molecule has 0 aliphatic heterocycles. The van der Waals surface area contributed by atoms with Crippen molar-refractivity contribution in [1.82, 2.24) is 9.47 Å². The van der Waals surface area contributed by atoms with Crippen molar-refractivity contribution in [2.24, 2.45) is 0 Å². The number of hydrogen-bond acceptors (Lipinski definition) is 3. The van der Waals surface area contributed by atoms with Gasteiger partial charge < -0.3 is 14.6 Å². The molecule has 3 aromatic rings. The average molecular weight is 419 g/mol. The van der Waals surface area contributed by atoms with Crippen LogP contribution < -0.4 is 0 Å². The first-order valence-electron chi connectivity index (χ1n) is 11.3. The molecule has 2 aromatic carbocycles. The summed E-state index contributed by atoms with van der Waals surface area (Å²) in [5.74, 6) is -0.00774. The Labute approximate surface area is 185 Å². The lowest BCUT2D eigenvalue weighted by molar-refractivity contribution is 0.0988. The van der Waals surface area contributed by atoms with Gasteiger partial charge in [-0.3, -0.25) is 4.79 Å². The fourth-order valence-electron chi connectivity index (χ4n) is 4.05. The summed E-state index contributed by atoms with van der Waals surface area (Å²) in [4.78, 5) is 14.9. The van der Waals surface area contributed by atoms with Crippen LogP contribution >= 0.6 is 0 Å². The Hall–Kier alpha value is -2.69. The summed E-state index contributed by atoms with van der Waals surface area (Å²) in [7, 11) is 0. The van der Waals surface area contributed by atoms with Crippen molar-refractivity contribution in [1.29, 1.82) is 0 Å². The molecular formula is C27H34N2O2. The number of benzene rings is 2. The normalized spacial score (nSPS) is 12.8. The van der Waals surface area contributed by atoms with Crippen LogP contribution in [-0.4, -0.2) is 46.1 Å². The van der Waals surface area contributed by atoms with Gasteiger partial charge in [0.15, 0.2) is 5.78 Å². The molecule has 0 saturated heterocycles. The number of aliphatic hydroxyl groups excluding tert-OH is 1. The van der Waals surface area contributed by atoms with Gasteiger partial charge in [0.25, 0.3) is 0 Å². The highest BCUT2D eigenvalue weighted by Gasteiger charge is 2.14. The van der Waals surface area contributed by atoms with Crippen LogP contribution in [0.1, 0.15) is 48.2 Å². The highest BCUT2D eigenvalue weighted by molar-refractivity contribution is 6.07. The van der Waals surface area contributed by atoms with Gasteiger partial charge in [0.1, 0.15) is 0 Å². The van der Waals surface area contributed by atoms with E-state index in [2.05, 4.69) is 35.4 Å². The number of para-hydroxylation sites is 1. The minimum Gasteiger partial charge on any atom is -0.390 e. The third-order valence-electron chi connectivity index (χ3n) is 5.53. The summed E-state index contributed by atoms with van der Waals surface area (Å²) in [6.45, 7) is 9.57. The molecule has 1 aromatic heterocycles. The molecule has 0 saturated carbocycles. The molecular weight excluding hydrogens is 384 g/mol. The molecule has 0 unspecified atom stereocenters. The van der Waals surface area contributed by atoms with Gasteiger partial charge in [0.05, 0.1) is 6.10 Å². The minimum atomic E-state index is -0.445. The Morgan fingerprint density at radius 3 is 2.42 bits per heavy atom. The molecule has 0 bridgehead atoms. The van der Waals surface area contributed by atoms with E-state index in [1.165, 1.54) is 0 Å². The number of aromatic nitrogens is 1. The quantitative estimate of drug-likeness (QED) is 0.338. The second kappa shape index (κ2) is 11.1. The smallest absolute Gasteiger partial charge is 0.185 e. The molecule has 164 valence electrons. The topological polar surface area (TPSA) is 45.5 Å². The standard InChI is InChI=1S/C27H34N2O2/c1-4-16-28(17-5-2)19-24(30)20-29-18-23(25-8-6-7-9-26(25)29)14-15-27(31)22-12-10-21(3)11-13-22/h6-15,18,24,30H,4-5,16-17,19-20H2,1-3H3/b15-14+/t24-/m0/s1. The summed E-state index contributed by atoms with van der Waals surface area (Å²) >= 11 is 0. The number of ketones is 1. The van der Waals surface area contributed by atoms with Gasteiger partial charge in [0.2, 0.25) is 0 Å². The van der Waals surface area contributed by atoms with Crippen LogP contribution in [0.15, 0.2) is 60.8 Å². The first-order chi connectivity index (χ1) is 15.0. The lowest BCUT2D eigenvalue weighted by Gasteiger charge is -2.24. The molecule has 0 fully saturated rings. The van der Waals surface area contributed by atoms with E-state index >= 15 is 0 Å².